The molecular weight excluding hydrogens is 635 g/mol. The van der Waals surface area contributed by atoms with Gasteiger partial charge in [0.15, 0.2) is 5.82 Å². The number of nitrogens with zero attached hydrogens (tertiary/aromatic N) is 8. The molecule has 11 nitrogen and oxygen atoms in total. The van der Waals surface area contributed by atoms with Gasteiger partial charge < -0.3 is 15.0 Å². The number of likely N-dealkylation sites (tertiary alicyclic amines) is 1. The summed E-state index contributed by atoms with van der Waals surface area (Å²) in [7, 11) is 1.79. The molecule has 1 spiro atoms. The highest BCUT2D eigenvalue weighted by atomic mass is 19.4. The second-order valence-electron chi connectivity index (χ2n) is 13.5. The summed E-state index contributed by atoms with van der Waals surface area (Å²) >= 11 is 0. The molecule has 2 aliphatic heterocycles. The monoisotopic (exact) mass is 671 g/mol. The largest absolute Gasteiger partial charge is 0.416 e. The number of nitrogens with one attached hydrogen (secondary N) is 1. The number of nitriles is 1. The van der Waals surface area contributed by atoms with Gasteiger partial charge in [-0.25, -0.2) is 4.98 Å². The zero-order valence-corrected chi connectivity index (χ0v) is 27.3. The molecule has 1 saturated heterocycles. The Kier molecular flexibility index (Phi) is 8.36. The molecular formula is C35H36F3N9O2. The highest BCUT2D eigenvalue weighted by Crippen LogP contribution is 2.48. The molecule has 14 heteroatoms. The zero-order valence-electron chi connectivity index (χ0n) is 27.3. The molecule has 2 N–H and O–H groups in total. The fourth-order valence-electron chi connectivity index (χ4n) is 7.31. The molecule has 254 valence electrons. The molecule has 49 heavy (non-hydrogen) atoms. The molecule has 0 unspecified atom stereocenters. The van der Waals surface area contributed by atoms with E-state index in [2.05, 4.69) is 30.4 Å². The number of pyridine rings is 2. The van der Waals surface area contributed by atoms with Crippen LogP contribution in [0.5, 0.6) is 0 Å². The Hall–Kier alpha value is -4.87. The summed E-state index contributed by atoms with van der Waals surface area (Å²) in [6.07, 6.45) is 2.04. The molecule has 1 atom stereocenters. The summed E-state index contributed by atoms with van der Waals surface area (Å²) in [6.45, 7) is 3.56. The summed E-state index contributed by atoms with van der Waals surface area (Å²) in [4.78, 5) is 26.6. The first-order valence-corrected chi connectivity index (χ1v) is 16.3. The minimum Gasteiger partial charge on any atom is -0.390 e. The van der Waals surface area contributed by atoms with E-state index in [0.29, 0.717) is 45.7 Å². The number of benzene rings is 1. The van der Waals surface area contributed by atoms with E-state index in [0.717, 1.165) is 32.4 Å². The average Bonchev–Trinajstić information content (AvgIpc) is 3.76. The third-order valence-corrected chi connectivity index (χ3v) is 9.98. The van der Waals surface area contributed by atoms with Crippen molar-refractivity contribution in [3.63, 3.8) is 0 Å². The lowest BCUT2D eigenvalue weighted by molar-refractivity contribution is -0.138. The van der Waals surface area contributed by atoms with Crippen molar-refractivity contribution in [2.75, 3.05) is 29.9 Å². The normalized spacial score (nSPS) is 17.7. The zero-order chi connectivity index (χ0) is 34.5. The van der Waals surface area contributed by atoms with E-state index in [4.69, 9.17) is 5.26 Å². The van der Waals surface area contributed by atoms with Crippen LogP contribution in [0.1, 0.15) is 64.8 Å². The van der Waals surface area contributed by atoms with Gasteiger partial charge in [0.1, 0.15) is 18.0 Å². The number of carbonyl (C=O) groups excluding carboxylic acids is 1. The van der Waals surface area contributed by atoms with E-state index in [1.807, 2.05) is 19.1 Å². The average molecular weight is 672 g/mol. The van der Waals surface area contributed by atoms with E-state index in [1.165, 1.54) is 17.4 Å². The van der Waals surface area contributed by atoms with Crippen molar-refractivity contribution in [2.45, 2.75) is 64.4 Å². The van der Waals surface area contributed by atoms with Crippen molar-refractivity contribution >= 4 is 17.5 Å². The van der Waals surface area contributed by atoms with Gasteiger partial charge in [0.25, 0.3) is 5.91 Å². The number of aliphatic hydroxyl groups excluding tert-OH is 1. The Balaban J connectivity index is 1.28. The van der Waals surface area contributed by atoms with Crippen molar-refractivity contribution in [3.8, 4) is 28.6 Å². The smallest absolute Gasteiger partial charge is 0.390 e. The number of carbonyl (C=O) groups is 1. The Labute approximate surface area is 281 Å². The van der Waals surface area contributed by atoms with Crippen molar-refractivity contribution in [1.29, 1.82) is 5.26 Å². The molecule has 3 aromatic heterocycles. The lowest BCUT2D eigenvalue weighted by Gasteiger charge is -2.38. The number of halogens is 3. The number of aryl methyl sites for hydroxylation is 2. The van der Waals surface area contributed by atoms with Crippen LogP contribution in [0.4, 0.5) is 24.8 Å². The van der Waals surface area contributed by atoms with Gasteiger partial charge in [0.2, 0.25) is 0 Å². The molecule has 0 bridgehead atoms. The molecule has 2 fully saturated rings. The number of anilines is 2. The number of rotatable bonds is 9. The van der Waals surface area contributed by atoms with Crippen LogP contribution in [0.25, 0.3) is 22.5 Å². The number of fused-ring (bicyclic) bond motifs is 1. The van der Waals surface area contributed by atoms with Crippen LogP contribution in [-0.4, -0.2) is 66.4 Å². The Bertz CT molecular complexity index is 1960. The van der Waals surface area contributed by atoms with Crippen LogP contribution in [0.15, 0.2) is 42.9 Å². The summed E-state index contributed by atoms with van der Waals surface area (Å²) in [6, 6.07) is 9.95. The number of hydrogen-bond acceptors (Lipinski definition) is 9. The summed E-state index contributed by atoms with van der Waals surface area (Å²) in [5.74, 6) is 0.365. The number of amides is 1. The van der Waals surface area contributed by atoms with E-state index in [9.17, 15) is 23.1 Å². The highest BCUT2D eigenvalue weighted by molar-refractivity contribution is 6.10. The third kappa shape index (κ3) is 6.36. The number of hydrogen-bond donors (Lipinski definition) is 2. The SMILES string of the molecule is Cc1cc(-c2cc(NC[C@@H](O)CC#N)nc(N3Cc4c(cc(CN5CCC6(CCC6)C5)cc4C(F)(F)F)C3=O)c2)c(-c2nncn2C)cn1. The molecule has 0 radical (unpaired) electrons. The lowest BCUT2D eigenvalue weighted by Crippen LogP contribution is -2.33. The maximum absolute atomic E-state index is 14.6. The quantitative estimate of drug-likeness (QED) is 0.237. The first-order chi connectivity index (χ1) is 23.4. The van der Waals surface area contributed by atoms with Crippen molar-refractivity contribution in [2.24, 2.45) is 12.5 Å². The van der Waals surface area contributed by atoms with E-state index in [1.54, 1.807) is 42.3 Å². The van der Waals surface area contributed by atoms with Crippen LogP contribution in [-0.2, 0) is 26.3 Å². The topological polar surface area (TPSA) is 136 Å². The van der Waals surface area contributed by atoms with Crippen LogP contribution in [0.3, 0.4) is 0 Å². The summed E-state index contributed by atoms with van der Waals surface area (Å²) < 4.78 is 45.5. The van der Waals surface area contributed by atoms with Gasteiger partial charge in [0.05, 0.1) is 30.7 Å². The number of alkyl halides is 3. The van der Waals surface area contributed by atoms with E-state index >= 15 is 0 Å². The minimum absolute atomic E-state index is 0.0114. The molecule has 3 aliphatic rings. The van der Waals surface area contributed by atoms with E-state index < -0.39 is 23.8 Å². The molecule has 1 aromatic carbocycles. The standard InChI is InChI=1S/C35H36F3N9O2/c1-21-10-25(27(16-40-21)32-44-42-20-45(32)2)23-13-30(41-15-24(48)4-8-39)43-31(14-23)47-18-28-26(33(47)49)11-22(12-29(28)35(36,37)38)17-46-9-7-34(19-46)5-3-6-34/h10-14,16,20,24,48H,3-7,9,15,17-19H2,1-2H3,(H,41,43)/t24-/m0/s1. The van der Waals surface area contributed by atoms with E-state index in [-0.39, 0.29) is 42.3 Å². The molecule has 1 saturated carbocycles. The molecule has 5 heterocycles. The summed E-state index contributed by atoms with van der Waals surface area (Å²) in [5.41, 5.74) is 2.51. The predicted molar refractivity (Wildman–Crippen MR) is 175 cm³/mol. The van der Waals surface area contributed by atoms with Gasteiger partial charge in [-0.1, -0.05) is 6.42 Å². The van der Waals surface area contributed by atoms with Gasteiger partial charge in [-0.2, -0.15) is 18.4 Å². The predicted octanol–water partition coefficient (Wildman–Crippen LogP) is 5.49. The first-order valence-electron chi connectivity index (χ1n) is 16.3. The van der Waals surface area contributed by atoms with Gasteiger partial charge in [-0.3, -0.25) is 19.6 Å². The van der Waals surface area contributed by atoms with Crippen molar-refractivity contribution in [3.05, 3.63) is 70.8 Å². The molecule has 1 amide bonds. The van der Waals surface area contributed by atoms with Gasteiger partial charge >= 0.3 is 6.18 Å². The third-order valence-electron chi connectivity index (χ3n) is 9.98. The van der Waals surface area contributed by atoms with Gasteiger partial charge in [0, 0.05) is 49.7 Å². The van der Waals surface area contributed by atoms with Crippen LogP contribution in [0, 0.1) is 23.7 Å². The molecule has 4 aromatic rings. The fourth-order valence-corrected chi connectivity index (χ4v) is 7.31. The van der Waals surface area contributed by atoms with Crippen molar-refractivity contribution in [1.82, 2.24) is 29.6 Å². The van der Waals surface area contributed by atoms with Crippen LogP contribution < -0.4 is 10.2 Å². The first kappa shape index (κ1) is 32.7. The Morgan fingerprint density at radius 1 is 1.12 bits per heavy atom. The number of aromatic nitrogens is 5. The maximum atomic E-state index is 14.6. The Morgan fingerprint density at radius 3 is 2.61 bits per heavy atom. The van der Waals surface area contributed by atoms with Crippen LogP contribution in [0.2, 0.25) is 0 Å². The number of aliphatic hydroxyl groups is 1. The molecule has 1 aliphatic carbocycles. The van der Waals surface area contributed by atoms with Gasteiger partial charge in [-0.15, -0.1) is 10.2 Å². The molecule has 7 rings (SSSR count). The Morgan fingerprint density at radius 2 is 1.94 bits per heavy atom. The second-order valence-corrected chi connectivity index (χ2v) is 13.5. The fraction of sp³-hybridized carbons (Fsp3) is 0.429. The minimum atomic E-state index is -4.66. The summed E-state index contributed by atoms with van der Waals surface area (Å²) in [5, 5.41) is 30.5. The van der Waals surface area contributed by atoms with Crippen molar-refractivity contribution < 1.29 is 23.1 Å². The second kappa shape index (κ2) is 12.5. The highest BCUT2D eigenvalue weighted by Gasteiger charge is 2.44. The van der Waals surface area contributed by atoms with Gasteiger partial charge in [-0.05, 0) is 90.7 Å². The maximum Gasteiger partial charge on any atom is 0.416 e. The lowest BCUT2D eigenvalue weighted by atomic mass is 9.68. The van der Waals surface area contributed by atoms with Crippen LogP contribution >= 0.6 is 0 Å².